The Hall–Kier alpha value is -1.84. The minimum atomic E-state index is -0.315. The summed E-state index contributed by atoms with van der Waals surface area (Å²) in [5.41, 5.74) is 1.43. The largest absolute Gasteiger partial charge is 0.506 e. The normalized spacial score (nSPS) is 22.9. The van der Waals surface area contributed by atoms with Gasteiger partial charge in [0.2, 0.25) is 0 Å². The highest BCUT2D eigenvalue weighted by Gasteiger charge is 2.17. The van der Waals surface area contributed by atoms with Gasteiger partial charge in [0.05, 0.1) is 11.7 Å². The standard InChI is InChI=1S/C12H16N2O2/c1-3-13-5-4-10-6-11(8-15)14-12(7-10)9(2)16/h4-5,7-8,11,14,16H,2-3,6H2,1H3/b10-4-,13-5+. The Labute approximate surface area is 95.1 Å². The molecule has 0 aliphatic carbocycles. The SMILES string of the molecule is C=C(O)C1=C/C(=C\C=N\CC)CC(C=O)N1. The molecule has 86 valence electrons. The van der Waals surface area contributed by atoms with Crippen molar-refractivity contribution in [2.75, 3.05) is 6.54 Å². The lowest BCUT2D eigenvalue weighted by Crippen LogP contribution is -2.34. The first-order valence-electron chi connectivity index (χ1n) is 5.18. The van der Waals surface area contributed by atoms with Crippen molar-refractivity contribution in [3.63, 3.8) is 0 Å². The van der Waals surface area contributed by atoms with Gasteiger partial charge in [0.15, 0.2) is 0 Å². The minimum Gasteiger partial charge on any atom is -0.506 e. The van der Waals surface area contributed by atoms with Crippen molar-refractivity contribution in [2.24, 2.45) is 4.99 Å². The lowest BCUT2D eigenvalue weighted by molar-refractivity contribution is -0.109. The highest BCUT2D eigenvalue weighted by Crippen LogP contribution is 2.17. The number of nitrogens with zero attached hydrogens (tertiary/aromatic N) is 1. The van der Waals surface area contributed by atoms with Crippen LogP contribution in [0.25, 0.3) is 0 Å². The maximum absolute atomic E-state index is 10.7. The molecule has 0 amide bonds. The monoisotopic (exact) mass is 220 g/mol. The van der Waals surface area contributed by atoms with Gasteiger partial charge >= 0.3 is 0 Å². The molecule has 0 saturated heterocycles. The van der Waals surface area contributed by atoms with Crippen molar-refractivity contribution in [3.8, 4) is 0 Å². The summed E-state index contributed by atoms with van der Waals surface area (Å²) in [6.45, 7) is 6.10. The van der Waals surface area contributed by atoms with E-state index >= 15 is 0 Å². The fraction of sp³-hybridized carbons (Fsp3) is 0.333. The van der Waals surface area contributed by atoms with Crippen molar-refractivity contribution in [2.45, 2.75) is 19.4 Å². The van der Waals surface area contributed by atoms with Crippen LogP contribution in [0, 0.1) is 0 Å². The first-order chi connectivity index (χ1) is 7.67. The molecule has 1 aliphatic rings. The van der Waals surface area contributed by atoms with Gasteiger partial charge in [-0.2, -0.15) is 0 Å². The van der Waals surface area contributed by atoms with E-state index in [1.807, 2.05) is 13.0 Å². The highest BCUT2D eigenvalue weighted by molar-refractivity contribution is 5.74. The number of carbonyl (C=O) groups is 1. The van der Waals surface area contributed by atoms with Gasteiger partial charge in [-0.15, -0.1) is 0 Å². The first-order valence-corrected chi connectivity index (χ1v) is 5.18. The summed E-state index contributed by atoms with van der Waals surface area (Å²) in [5.74, 6) is -0.0649. The fourth-order valence-electron chi connectivity index (χ4n) is 1.41. The van der Waals surface area contributed by atoms with Crippen LogP contribution in [0.3, 0.4) is 0 Å². The molecule has 1 aliphatic heterocycles. The molecule has 0 aromatic heterocycles. The van der Waals surface area contributed by atoms with Crippen LogP contribution in [-0.2, 0) is 4.79 Å². The van der Waals surface area contributed by atoms with Crippen LogP contribution in [-0.4, -0.2) is 30.2 Å². The number of allylic oxidation sites excluding steroid dienone is 2. The number of aldehydes is 1. The summed E-state index contributed by atoms with van der Waals surface area (Å²) in [6, 6.07) is -0.315. The van der Waals surface area contributed by atoms with E-state index in [1.54, 1.807) is 12.3 Å². The van der Waals surface area contributed by atoms with Gasteiger partial charge in [-0.3, -0.25) is 4.99 Å². The molecule has 0 spiro atoms. The lowest BCUT2D eigenvalue weighted by Gasteiger charge is -2.22. The Morgan fingerprint density at radius 2 is 2.56 bits per heavy atom. The Balaban J connectivity index is 2.88. The smallest absolute Gasteiger partial charge is 0.142 e. The van der Waals surface area contributed by atoms with E-state index < -0.39 is 0 Å². The molecule has 1 unspecified atom stereocenters. The Morgan fingerprint density at radius 3 is 3.12 bits per heavy atom. The van der Waals surface area contributed by atoms with E-state index in [1.165, 1.54) is 0 Å². The van der Waals surface area contributed by atoms with Crippen LogP contribution in [0.4, 0.5) is 0 Å². The van der Waals surface area contributed by atoms with E-state index in [4.69, 9.17) is 0 Å². The quantitative estimate of drug-likeness (QED) is 0.429. The Morgan fingerprint density at radius 1 is 1.81 bits per heavy atom. The molecule has 0 aromatic carbocycles. The van der Waals surface area contributed by atoms with Gasteiger partial charge in [0, 0.05) is 12.8 Å². The van der Waals surface area contributed by atoms with E-state index in [-0.39, 0.29) is 11.8 Å². The third-order valence-corrected chi connectivity index (χ3v) is 2.18. The number of aliphatic hydroxyl groups excluding tert-OH is 1. The van der Waals surface area contributed by atoms with Gasteiger partial charge in [-0.1, -0.05) is 6.58 Å². The Bertz CT molecular complexity index is 367. The average Bonchev–Trinajstić information content (AvgIpc) is 2.29. The molecule has 1 rings (SSSR count). The summed E-state index contributed by atoms with van der Waals surface area (Å²) in [4.78, 5) is 14.8. The summed E-state index contributed by atoms with van der Waals surface area (Å²) in [5, 5.41) is 12.2. The van der Waals surface area contributed by atoms with E-state index in [2.05, 4.69) is 16.9 Å². The van der Waals surface area contributed by atoms with Gasteiger partial charge in [-0.25, -0.2) is 0 Å². The molecule has 4 heteroatoms. The Kier molecular flexibility index (Phi) is 4.51. The minimum absolute atomic E-state index is 0.0649. The van der Waals surface area contributed by atoms with Crippen LogP contribution in [0.1, 0.15) is 13.3 Å². The number of nitrogens with one attached hydrogen (secondary N) is 1. The fourth-order valence-corrected chi connectivity index (χ4v) is 1.41. The molecule has 0 radical (unpaired) electrons. The first kappa shape index (κ1) is 12.2. The summed E-state index contributed by atoms with van der Waals surface area (Å²) in [6.07, 6.45) is 6.72. The van der Waals surface area contributed by atoms with Crippen LogP contribution in [0.5, 0.6) is 0 Å². The zero-order chi connectivity index (χ0) is 12.0. The maximum atomic E-state index is 10.7. The van der Waals surface area contributed by atoms with Crippen LogP contribution < -0.4 is 5.32 Å². The van der Waals surface area contributed by atoms with Crippen molar-refractivity contribution < 1.29 is 9.90 Å². The predicted molar refractivity (Wildman–Crippen MR) is 64.6 cm³/mol. The van der Waals surface area contributed by atoms with Gasteiger partial charge in [0.25, 0.3) is 0 Å². The summed E-state index contributed by atoms with van der Waals surface area (Å²) < 4.78 is 0. The van der Waals surface area contributed by atoms with Crippen molar-refractivity contribution in [1.29, 1.82) is 0 Å². The summed E-state index contributed by atoms with van der Waals surface area (Å²) >= 11 is 0. The number of hydrogen-bond acceptors (Lipinski definition) is 4. The molecule has 16 heavy (non-hydrogen) atoms. The molecule has 1 atom stereocenters. The van der Waals surface area contributed by atoms with Crippen LogP contribution in [0.15, 0.2) is 40.8 Å². The van der Waals surface area contributed by atoms with Gasteiger partial charge < -0.3 is 15.2 Å². The number of carbonyl (C=O) groups excluding carboxylic acids is 1. The maximum Gasteiger partial charge on any atom is 0.142 e. The zero-order valence-corrected chi connectivity index (χ0v) is 9.31. The number of hydrogen-bond donors (Lipinski definition) is 2. The second-order valence-corrected chi connectivity index (χ2v) is 3.49. The van der Waals surface area contributed by atoms with Gasteiger partial charge in [0.1, 0.15) is 12.0 Å². The van der Waals surface area contributed by atoms with E-state index in [0.717, 1.165) is 18.4 Å². The molecule has 2 N–H and O–H groups in total. The molecule has 0 aromatic rings. The molecule has 0 saturated carbocycles. The molecular formula is C12H16N2O2. The lowest BCUT2D eigenvalue weighted by atomic mass is 10.0. The number of rotatable bonds is 4. The van der Waals surface area contributed by atoms with E-state index in [9.17, 15) is 9.90 Å². The van der Waals surface area contributed by atoms with Crippen molar-refractivity contribution >= 4 is 12.5 Å². The van der Waals surface area contributed by atoms with Crippen LogP contribution >= 0.6 is 0 Å². The molecule has 0 bridgehead atoms. The van der Waals surface area contributed by atoms with Crippen molar-refractivity contribution in [3.05, 3.63) is 35.8 Å². The zero-order valence-electron chi connectivity index (χ0n) is 9.31. The third kappa shape index (κ3) is 3.38. The number of aliphatic imine (C=N–C) groups is 1. The highest BCUT2D eigenvalue weighted by atomic mass is 16.3. The number of aliphatic hydroxyl groups is 1. The molecule has 0 fully saturated rings. The second kappa shape index (κ2) is 5.90. The topological polar surface area (TPSA) is 61.7 Å². The molecule has 4 nitrogen and oxygen atoms in total. The van der Waals surface area contributed by atoms with Crippen LogP contribution in [0.2, 0.25) is 0 Å². The second-order valence-electron chi connectivity index (χ2n) is 3.49. The molecular weight excluding hydrogens is 204 g/mol. The van der Waals surface area contributed by atoms with Gasteiger partial charge in [-0.05, 0) is 31.1 Å². The average molecular weight is 220 g/mol. The third-order valence-electron chi connectivity index (χ3n) is 2.18. The predicted octanol–water partition coefficient (Wildman–Crippen LogP) is 1.52. The van der Waals surface area contributed by atoms with E-state index in [0.29, 0.717) is 12.1 Å². The van der Waals surface area contributed by atoms with Crippen molar-refractivity contribution in [1.82, 2.24) is 5.32 Å². The molecule has 1 heterocycles. The summed E-state index contributed by atoms with van der Waals surface area (Å²) in [7, 11) is 0.